The van der Waals surface area contributed by atoms with E-state index in [4.69, 9.17) is 5.11 Å². The number of rotatable bonds is 7. The lowest BCUT2D eigenvalue weighted by Crippen LogP contribution is -2.27. The lowest BCUT2D eigenvalue weighted by molar-refractivity contribution is 0.277. The Morgan fingerprint density at radius 3 is 3.00 bits per heavy atom. The van der Waals surface area contributed by atoms with E-state index >= 15 is 0 Å². The standard InChI is InChI=1S/C10H16N6O3S/c1-8(10-11-7-12-14-10)15-20(18,19)9-5-13-16(6-9)3-2-4-17/h5-8,15,17H,2-4H2,1H3,(H,11,12,14). The van der Waals surface area contributed by atoms with E-state index in [-0.39, 0.29) is 11.5 Å². The van der Waals surface area contributed by atoms with Gasteiger partial charge in [-0.15, -0.1) is 0 Å². The van der Waals surface area contributed by atoms with Crippen molar-refractivity contribution in [3.63, 3.8) is 0 Å². The fraction of sp³-hybridized carbons (Fsp3) is 0.500. The van der Waals surface area contributed by atoms with Gasteiger partial charge >= 0.3 is 0 Å². The number of aliphatic hydroxyl groups excluding tert-OH is 1. The second-order valence-corrected chi connectivity index (χ2v) is 5.94. The zero-order chi connectivity index (χ0) is 14.6. The summed E-state index contributed by atoms with van der Waals surface area (Å²) in [7, 11) is -3.67. The van der Waals surface area contributed by atoms with Gasteiger partial charge < -0.3 is 5.11 Å². The molecule has 2 heterocycles. The first-order chi connectivity index (χ1) is 9.53. The van der Waals surface area contributed by atoms with E-state index in [1.165, 1.54) is 23.4 Å². The molecular formula is C10H16N6O3S. The molecule has 10 heteroatoms. The van der Waals surface area contributed by atoms with Gasteiger partial charge in [-0.3, -0.25) is 9.78 Å². The number of H-pyrrole nitrogens is 1. The normalized spacial score (nSPS) is 13.5. The molecule has 2 rings (SSSR count). The maximum atomic E-state index is 12.1. The minimum Gasteiger partial charge on any atom is -0.396 e. The average molecular weight is 300 g/mol. The Balaban J connectivity index is 2.08. The topological polar surface area (TPSA) is 126 Å². The summed E-state index contributed by atoms with van der Waals surface area (Å²) in [6.45, 7) is 2.15. The lowest BCUT2D eigenvalue weighted by atomic mass is 10.3. The molecule has 0 bridgehead atoms. The van der Waals surface area contributed by atoms with Crippen LogP contribution in [0.15, 0.2) is 23.6 Å². The SMILES string of the molecule is CC(NS(=O)(=O)c1cnn(CCCO)c1)c1ncn[nH]1. The van der Waals surface area contributed by atoms with Crippen molar-refractivity contribution < 1.29 is 13.5 Å². The van der Waals surface area contributed by atoms with Gasteiger partial charge in [0.1, 0.15) is 17.0 Å². The first kappa shape index (κ1) is 14.6. The van der Waals surface area contributed by atoms with Crippen molar-refractivity contribution in [1.29, 1.82) is 0 Å². The van der Waals surface area contributed by atoms with Crippen molar-refractivity contribution in [1.82, 2.24) is 29.7 Å². The number of sulfonamides is 1. The molecule has 20 heavy (non-hydrogen) atoms. The van der Waals surface area contributed by atoms with E-state index in [0.29, 0.717) is 18.8 Å². The predicted molar refractivity (Wildman–Crippen MR) is 69.0 cm³/mol. The van der Waals surface area contributed by atoms with E-state index < -0.39 is 16.1 Å². The number of aryl methyl sites for hydroxylation is 1. The van der Waals surface area contributed by atoms with Crippen molar-refractivity contribution >= 4 is 10.0 Å². The Morgan fingerprint density at radius 2 is 2.35 bits per heavy atom. The molecule has 0 radical (unpaired) electrons. The van der Waals surface area contributed by atoms with Crippen molar-refractivity contribution in [3.05, 3.63) is 24.5 Å². The molecule has 0 aromatic carbocycles. The first-order valence-corrected chi connectivity index (χ1v) is 7.52. The van der Waals surface area contributed by atoms with Gasteiger partial charge in [0.2, 0.25) is 10.0 Å². The van der Waals surface area contributed by atoms with Crippen LogP contribution in [0.25, 0.3) is 0 Å². The molecule has 9 nitrogen and oxygen atoms in total. The molecule has 0 amide bonds. The number of aromatic nitrogens is 5. The van der Waals surface area contributed by atoms with Crippen molar-refractivity contribution in [3.8, 4) is 0 Å². The number of aromatic amines is 1. The molecule has 110 valence electrons. The Labute approximate surface area is 116 Å². The van der Waals surface area contributed by atoms with Crippen LogP contribution in [0, 0.1) is 0 Å². The summed E-state index contributed by atoms with van der Waals surface area (Å²) in [6, 6.07) is -0.525. The smallest absolute Gasteiger partial charge is 0.244 e. The highest BCUT2D eigenvalue weighted by atomic mass is 32.2. The van der Waals surface area contributed by atoms with Gasteiger partial charge in [-0.25, -0.2) is 18.1 Å². The molecule has 0 saturated carbocycles. The number of hydrogen-bond acceptors (Lipinski definition) is 6. The minimum absolute atomic E-state index is 0.0305. The Kier molecular flexibility index (Phi) is 4.47. The van der Waals surface area contributed by atoms with Crippen LogP contribution in [0.4, 0.5) is 0 Å². The van der Waals surface area contributed by atoms with E-state index in [1.807, 2.05) is 0 Å². The zero-order valence-electron chi connectivity index (χ0n) is 10.9. The molecule has 0 saturated heterocycles. The summed E-state index contributed by atoms with van der Waals surface area (Å²) in [4.78, 5) is 3.97. The molecule has 1 unspecified atom stereocenters. The van der Waals surface area contributed by atoms with E-state index in [2.05, 4.69) is 25.0 Å². The Hall–Kier alpha value is -1.78. The van der Waals surface area contributed by atoms with Gasteiger partial charge in [0.15, 0.2) is 0 Å². The lowest BCUT2D eigenvalue weighted by Gasteiger charge is -2.10. The third-order valence-electron chi connectivity index (χ3n) is 2.64. The van der Waals surface area contributed by atoms with Gasteiger partial charge in [0.25, 0.3) is 0 Å². The molecule has 0 aliphatic rings. The third kappa shape index (κ3) is 3.40. The monoisotopic (exact) mass is 300 g/mol. The molecule has 0 fully saturated rings. The molecular weight excluding hydrogens is 284 g/mol. The predicted octanol–water partition coefficient (Wildman–Crippen LogP) is -0.577. The number of nitrogens with zero attached hydrogens (tertiary/aromatic N) is 4. The number of aliphatic hydroxyl groups is 1. The van der Waals surface area contributed by atoms with E-state index in [9.17, 15) is 8.42 Å². The Morgan fingerprint density at radius 1 is 1.55 bits per heavy atom. The van der Waals surface area contributed by atoms with E-state index in [0.717, 1.165) is 0 Å². The summed E-state index contributed by atoms with van der Waals surface area (Å²) in [5.41, 5.74) is 0. The first-order valence-electron chi connectivity index (χ1n) is 6.04. The van der Waals surface area contributed by atoms with Crippen molar-refractivity contribution in [2.75, 3.05) is 6.61 Å². The molecule has 2 aromatic rings. The van der Waals surface area contributed by atoms with Gasteiger partial charge in [-0.1, -0.05) is 0 Å². The summed E-state index contributed by atoms with van der Waals surface area (Å²) < 4.78 is 28.3. The van der Waals surface area contributed by atoms with E-state index in [1.54, 1.807) is 6.92 Å². The minimum atomic E-state index is -3.67. The highest BCUT2D eigenvalue weighted by Crippen LogP contribution is 2.13. The van der Waals surface area contributed by atoms with Crippen LogP contribution in [0.1, 0.15) is 25.2 Å². The summed E-state index contributed by atoms with van der Waals surface area (Å²) in [5, 5.41) is 19.0. The molecule has 1 atom stereocenters. The van der Waals surface area contributed by atoms with Gasteiger partial charge in [0, 0.05) is 19.3 Å². The molecule has 2 aromatic heterocycles. The second kappa shape index (κ2) is 6.11. The van der Waals surface area contributed by atoms with Crippen molar-refractivity contribution in [2.45, 2.75) is 30.8 Å². The highest BCUT2D eigenvalue weighted by molar-refractivity contribution is 7.89. The Bertz CT molecular complexity index is 636. The second-order valence-electron chi connectivity index (χ2n) is 4.23. The molecule has 0 aliphatic carbocycles. The van der Waals surface area contributed by atoms with Crippen LogP contribution in [-0.2, 0) is 16.6 Å². The van der Waals surface area contributed by atoms with Crippen LogP contribution >= 0.6 is 0 Å². The summed E-state index contributed by atoms with van der Waals surface area (Å²) in [5.74, 6) is 0.432. The van der Waals surface area contributed by atoms with Crippen molar-refractivity contribution in [2.24, 2.45) is 0 Å². The zero-order valence-corrected chi connectivity index (χ0v) is 11.7. The van der Waals surface area contributed by atoms with Crippen LogP contribution in [0.5, 0.6) is 0 Å². The van der Waals surface area contributed by atoms with Crippen LogP contribution in [-0.4, -0.2) is 45.1 Å². The molecule has 0 spiro atoms. The number of hydrogen-bond donors (Lipinski definition) is 3. The fourth-order valence-corrected chi connectivity index (χ4v) is 2.78. The van der Waals surface area contributed by atoms with Gasteiger partial charge in [-0.05, 0) is 13.3 Å². The van der Waals surface area contributed by atoms with Crippen LogP contribution in [0.2, 0.25) is 0 Å². The largest absolute Gasteiger partial charge is 0.396 e. The maximum Gasteiger partial charge on any atom is 0.244 e. The highest BCUT2D eigenvalue weighted by Gasteiger charge is 2.21. The van der Waals surface area contributed by atoms with Gasteiger partial charge in [0.05, 0.1) is 12.2 Å². The summed E-state index contributed by atoms with van der Waals surface area (Å²) in [6.07, 6.45) is 4.52. The van der Waals surface area contributed by atoms with Crippen LogP contribution < -0.4 is 4.72 Å². The third-order valence-corrected chi connectivity index (χ3v) is 4.14. The quantitative estimate of drug-likeness (QED) is 0.628. The van der Waals surface area contributed by atoms with Gasteiger partial charge in [-0.2, -0.15) is 10.2 Å². The number of nitrogens with one attached hydrogen (secondary N) is 2. The fourth-order valence-electron chi connectivity index (χ4n) is 1.62. The molecule has 3 N–H and O–H groups in total. The summed E-state index contributed by atoms with van der Waals surface area (Å²) >= 11 is 0. The molecule has 0 aliphatic heterocycles. The average Bonchev–Trinajstić information content (AvgIpc) is 3.07. The van der Waals surface area contributed by atoms with Crippen LogP contribution in [0.3, 0.4) is 0 Å². The maximum absolute atomic E-state index is 12.1.